The molecule has 0 fully saturated rings. The van der Waals surface area contributed by atoms with Gasteiger partial charge in [-0.1, -0.05) is 13.0 Å². The molecule has 0 heterocycles. The molecule has 0 saturated carbocycles. The van der Waals surface area contributed by atoms with Crippen LogP contribution >= 0.6 is 0 Å². The molecule has 0 aliphatic carbocycles. The molecule has 0 spiro atoms. The third kappa shape index (κ3) is 4.26. The summed E-state index contributed by atoms with van der Waals surface area (Å²) in [5.41, 5.74) is 0. The van der Waals surface area contributed by atoms with E-state index in [2.05, 4.69) is 4.74 Å². The first kappa shape index (κ1) is 13.8. The summed E-state index contributed by atoms with van der Waals surface area (Å²) >= 11 is 0. The van der Waals surface area contributed by atoms with Crippen LogP contribution in [0, 0.1) is 0 Å². The molecule has 0 N–H and O–H groups in total. The summed E-state index contributed by atoms with van der Waals surface area (Å²) in [6, 6.07) is 4.38. The fourth-order valence-electron chi connectivity index (χ4n) is 1.25. The Morgan fingerprint density at radius 1 is 1.29 bits per heavy atom. The Hall–Kier alpha value is -1.24. The van der Waals surface area contributed by atoms with Crippen molar-refractivity contribution in [3.8, 4) is 5.75 Å². The Morgan fingerprint density at radius 2 is 1.94 bits per heavy atom. The standard InChI is InChI=1S/C10H11F3O3S/c1-2-6-17(14,15)9-5-3-4-8(7-9)16-10(11,12)13/h3-5,7H,2,6H2,1H3. The Balaban J connectivity index is 3.02. The van der Waals surface area contributed by atoms with Gasteiger partial charge >= 0.3 is 6.36 Å². The van der Waals surface area contributed by atoms with Crippen LogP contribution in [0.1, 0.15) is 13.3 Å². The molecule has 0 saturated heterocycles. The van der Waals surface area contributed by atoms with Crippen molar-refractivity contribution in [3.05, 3.63) is 24.3 Å². The first-order chi connectivity index (χ1) is 7.74. The number of sulfone groups is 1. The monoisotopic (exact) mass is 268 g/mol. The summed E-state index contributed by atoms with van der Waals surface area (Å²) in [5, 5.41) is 0. The lowest BCUT2D eigenvalue weighted by Gasteiger charge is -2.10. The van der Waals surface area contributed by atoms with Crippen molar-refractivity contribution in [3.63, 3.8) is 0 Å². The van der Waals surface area contributed by atoms with Gasteiger partial charge in [0.25, 0.3) is 0 Å². The number of rotatable bonds is 4. The van der Waals surface area contributed by atoms with E-state index in [1.807, 2.05) is 0 Å². The summed E-state index contributed by atoms with van der Waals surface area (Å²) in [4.78, 5) is -0.166. The lowest BCUT2D eigenvalue weighted by molar-refractivity contribution is -0.274. The van der Waals surface area contributed by atoms with E-state index in [-0.39, 0.29) is 10.6 Å². The molecule has 1 aromatic rings. The predicted molar refractivity (Wildman–Crippen MR) is 55.5 cm³/mol. The summed E-state index contributed by atoms with van der Waals surface area (Å²) in [7, 11) is -3.54. The largest absolute Gasteiger partial charge is 0.573 e. The van der Waals surface area contributed by atoms with Crippen molar-refractivity contribution in [1.82, 2.24) is 0 Å². The highest BCUT2D eigenvalue weighted by molar-refractivity contribution is 7.91. The van der Waals surface area contributed by atoms with E-state index in [0.717, 1.165) is 12.1 Å². The van der Waals surface area contributed by atoms with Gasteiger partial charge in [0.1, 0.15) is 5.75 Å². The van der Waals surface area contributed by atoms with E-state index >= 15 is 0 Å². The van der Waals surface area contributed by atoms with Gasteiger partial charge in [0.2, 0.25) is 0 Å². The van der Waals surface area contributed by atoms with Crippen LogP contribution in [0.5, 0.6) is 5.75 Å². The molecular weight excluding hydrogens is 257 g/mol. The summed E-state index contributed by atoms with van der Waals surface area (Å²) < 4.78 is 62.7. The van der Waals surface area contributed by atoms with Crippen LogP contribution in [0.2, 0.25) is 0 Å². The average molecular weight is 268 g/mol. The zero-order valence-corrected chi connectivity index (χ0v) is 9.81. The molecule has 0 radical (unpaired) electrons. The molecular formula is C10H11F3O3S. The third-order valence-corrected chi connectivity index (χ3v) is 3.79. The Labute approximate surface area is 97.1 Å². The van der Waals surface area contributed by atoms with Gasteiger partial charge in [0.15, 0.2) is 9.84 Å². The molecule has 17 heavy (non-hydrogen) atoms. The van der Waals surface area contributed by atoms with Crippen molar-refractivity contribution in [2.75, 3.05) is 5.75 Å². The second-order valence-electron chi connectivity index (χ2n) is 3.34. The minimum atomic E-state index is -4.83. The van der Waals surface area contributed by atoms with Gasteiger partial charge in [-0.15, -0.1) is 13.2 Å². The molecule has 1 rings (SSSR count). The van der Waals surface area contributed by atoms with Gasteiger partial charge in [0, 0.05) is 0 Å². The molecule has 3 nitrogen and oxygen atoms in total. The summed E-state index contributed by atoms with van der Waals surface area (Å²) in [6.45, 7) is 1.67. The van der Waals surface area contributed by atoms with E-state index in [1.54, 1.807) is 6.92 Å². The number of halogens is 3. The van der Waals surface area contributed by atoms with Gasteiger partial charge < -0.3 is 4.74 Å². The first-order valence-corrected chi connectivity index (χ1v) is 6.48. The Kier molecular flexibility index (Phi) is 4.03. The van der Waals surface area contributed by atoms with Crippen LogP contribution < -0.4 is 4.74 Å². The molecule has 7 heteroatoms. The number of hydrogen-bond donors (Lipinski definition) is 0. The highest BCUT2D eigenvalue weighted by Crippen LogP contribution is 2.25. The maximum absolute atomic E-state index is 11.9. The number of benzene rings is 1. The molecule has 0 unspecified atom stereocenters. The molecule has 0 atom stereocenters. The van der Waals surface area contributed by atoms with Gasteiger partial charge in [-0.25, -0.2) is 8.42 Å². The Bertz CT molecular complexity index is 480. The van der Waals surface area contributed by atoms with Crippen LogP contribution in [0.3, 0.4) is 0 Å². The molecule has 0 aliphatic rings. The molecule has 0 amide bonds. The minimum Gasteiger partial charge on any atom is -0.406 e. The fourth-order valence-corrected chi connectivity index (χ4v) is 2.61. The van der Waals surface area contributed by atoms with Gasteiger partial charge in [-0.3, -0.25) is 0 Å². The van der Waals surface area contributed by atoms with Crippen molar-refractivity contribution in [1.29, 1.82) is 0 Å². The smallest absolute Gasteiger partial charge is 0.406 e. The fraction of sp³-hybridized carbons (Fsp3) is 0.400. The second kappa shape index (κ2) is 4.95. The second-order valence-corrected chi connectivity index (χ2v) is 5.45. The van der Waals surface area contributed by atoms with E-state index in [9.17, 15) is 21.6 Å². The van der Waals surface area contributed by atoms with Crippen molar-refractivity contribution < 1.29 is 26.3 Å². The van der Waals surface area contributed by atoms with Crippen molar-refractivity contribution in [2.45, 2.75) is 24.6 Å². The Morgan fingerprint density at radius 3 is 2.47 bits per heavy atom. The highest BCUT2D eigenvalue weighted by atomic mass is 32.2. The maximum Gasteiger partial charge on any atom is 0.573 e. The maximum atomic E-state index is 11.9. The predicted octanol–water partition coefficient (Wildman–Crippen LogP) is 2.77. The lowest BCUT2D eigenvalue weighted by atomic mass is 10.3. The van der Waals surface area contributed by atoms with Crippen LogP contribution in [0.4, 0.5) is 13.2 Å². The first-order valence-electron chi connectivity index (χ1n) is 4.83. The molecule has 96 valence electrons. The van der Waals surface area contributed by atoms with E-state index in [0.29, 0.717) is 6.42 Å². The molecule has 0 bridgehead atoms. The van der Waals surface area contributed by atoms with Gasteiger partial charge in [-0.05, 0) is 24.6 Å². The van der Waals surface area contributed by atoms with Crippen molar-refractivity contribution >= 4 is 9.84 Å². The van der Waals surface area contributed by atoms with E-state index < -0.39 is 21.9 Å². The van der Waals surface area contributed by atoms with E-state index in [4.69, 9.17) is 0 Å². The van der Waals surface area contributed by atoms with Gasteiger partial charge in [-0.2, -0.15) is 0 Å². The van der Waals surface area contributed by atoms with Gasteiger partial charge in [0.05, 0.1) is 10.6 Å². The SMILES string of the molecule is CCCS(=O)(=O)c1cccc(OC(F)(F)F)c1. The molecule has 0 aliphatic heterocycles. The average Bonchev–Trinajstić information content (AvgIpc) is 2.15. The zero-order valence-electron chi connectivity index (χ0n) is 8.99. The molecule has 0 aromatic heterocycles. The number of ether oxygens (including phenoxy) is 1. The highest BCUT2D eigenvalue weighted by Gasteiger charge is 2.31. The van der Waals surface area contributed by atoms with Crippen LogP contribution in [0.15, 0.2) is 29.2 Å². The number of alkyl halides is 3. The summed E-state index contributed by atoms with van der Waals surface area (Å²) in [5.74, 6) is -0.641. The quantitative estimate of drug-likeness (QED) is 0.843. The number of hydrogen-bond acceptors (Lipinski definition) is 3. The van der Waals surface area contributed by atoms with Crippen LogP contribution in [-0.4, -0.2) is 20.5 Å². The topological polar surface area (TPSA) is 43.4 Å². The minimum absolute atomic E-state index is 0.109. The van der Waals surface area contributed by atoms with E-state index in [1.165, 1.54) is 12.1 Å². The third-order valence-electron chi connectivity index (χ3n) is 1.87. The van der Waals surface area contributed by atoms with Crippen molar-refractivity contribution in [2.24, 2.45) is 0 Å². The summed E-state index contributed by atoms with van der Waals surface area (Å²) in [6.07, 6.45) is -4.43. The van der Waals surface area contributed by atoms with Crippen LogP contribution in [-0.2, 0) is 9.84 Å². The normalized spacial score (nSPS) is 12.5. The lowest BCUT2D eigenvalue weighted by Crippen LogP contribution is -2.17. The van der Waals surface area contributed by atoms with Crippen LogP contribution in [0.25, 0.3) is 0 Å². The molecule has 1 aromatic carbocycles. The zero-order chi connectivity index (χ0) is 13.1.